The number of ether oxygens (including phenoxy) is 1. The SMILES string of the molecule is COc1ccc(C(=O)Nc2ccccc2CN2CCc3ccccc32)cc1S(=O)(=O)NC(C)C. The van der Waals surface area contributed by atoms with Gasteiger partial charge in [-0.2, -0.15) is 0 Å². The molecule has 8 heteroatoms. The normalized spacial score (nSPS) is 13.1. The minimum absolute atomic E-state index is 0.0710. The van der Waals surface area contributed by atoms with Crippen LogP contribution in [-0.2, 0) is 23.0 Å². The van der Waals surface area contributed by atoms with E-state index < -0.39 is 15.9 Å². The summed E-state index contributed by atoms with van der Waals surface area (Å²) in [5, 5.41) is 2.96. The third-order valence-electron chi connectivity index (χ3n) is 5.72. The molecule has 0 aliphatic carbocycles. The number of carbonyl (C=O) groups excluding carboxylic acids is 1. The van der Waals surface area contributed by atoms with Crippen LogP contribution in [0.5, 0.6) is 5.75 Å². The predicted molar refractivity (Wildman–Crippen MR) is 134 cm³/mol. The number of para-hydroxylation sites is 2. The number of sulfonamides is 1. The van der Waals surface area contributed by atoms with Crippen LogP contribution in [0.3, 0.4) is 0 Å². The maximum absolute atomic E-state index is 13.1. The zero-order valence-electron chi connectivity index (χ0n) is 19.5. The minimum atomic E-state index is -3.85. The van der Waals surface area contributed by atoms with Crippen molar-refractivity contribution in [3.05, 3.63) is 83.4 Å². The van der Waals surface area contributed by atoms with Crippen molar-refractivity contribution in [3.8, 4) is 5.75 Å². The Hall–Kier alpha value is -3.36. The van der Waals surface area contributed by atoms with E-state index in [0.717, 1.165) is 18.5 Å². The molecule has 0 saturated heterocycles. The molecule has 0 aromatic heterocycles. The van der Waals surface area contributed by atoms with Gasteiger partial charge in [-0.3, -0.25) is 4.79 Å². The fourth-order valence-electron chi connectivity index (χ4n) is 4.15. The number of anilines is 2. The Balaban J connectivity index is 1.58. The lowest BCUT2D eigenvalue weighted by atomic mass is 10.1. The van der Waals surface area contributed by atoms with Gasteiger partial charge in [0, 0.05) is 36.1 Å². The number of amides is 1. The summed E-state index contributed by atoms with van der Waals surface area (Å²) in [6, 6.07) is 20.1. The number of rotatable bonds is 8. The summed E-state index contributed by atoms with van der Waals surface area (Å²) in [5.41, 5.74) is 4.44. The molecule has 4 rings (SSSR count). The van der Waals surface area contributed by atoms with Crippen LogP contribution in [0.2, 0.25) is 0 Å². The van der Waals surface area contributed by atoms with Gasteiger partial charge in [-0.15, -0.1) is 0 Å². The number of hydrogen-bond donors (Lipinski definition) is 2. The third-order valence-corrected chi connectivity index (χ3v) is 7.40. The summed E-state index contributed by atoms with van der Waals surface area (Å²) in [4.78, 5) is 15.4. The van der Waals surface area contributed by atoms with Crippen molar-refractivity contribution < 1.29 is 17.9 Å². The van der Waals surface area contributed by atoms with Gasteiger partial charge in [0.15, 0.2) is 0 Å². The molecule has 0 fully saturated rings. The van der Waals surface area contributed by atoms with E-state index in [1.165, 1.54) is 30.5 Å². The van der Waals surface area contributed by atoms with Gasteiger partial charge in [0.05, 0.1) is 7.11 Å². The van der Waals surface area contributed by atoms with Crippen LogP contribution in [0.15, 0.2) is 71.6 Å². The fourth-order valence-corrected chi connectivity index (χ4v) is 5.60. The highest BCUT2D eigenvalue weighted by molar-refractivity contribution is 7.89. The smallest absolute Gasteiger partial charge is 0.255 e. The number of hydrogen-bond acceptors (Lipinski definition) is 5. The second-order valence-electron chi connectivity index (χ2n) is 8.55. The molecule has 0 spiro atoms. The van der Waals surface area contributed by atoms with Crippen molar-refractivity contribution in [1.29, 1.82) is 0 Å². The molecule has 7 nitrogen and oxygen atoms in total. The molecule has 3 aromatic rings. The van der Waals surface area contributed by atoms with Gasteiger partial charge >= 0.3 is 0 Å². The maximum Gasteiger partial charge on any atom is 0.255 e. The van der Waals surface area contributed by atoms with Crippen LogP contribution in [-0.4, -0.2) is 34.0 Å². The predicted octanol–water partition coefficient (Wildman–Crippen LogP) is 4.20. The number of benzene rings is 3. The monoisotopic (exact) mass is 479 g/mol. The lowest BCUT2D eigenvalue weighted by Crippen LogP contribution is -2.30. The van der Waals surface area contributed by atoms with Crippen LogP contribution in [0, 0.1) is 0 Å². The van der Waals surface area contributed by atoms with E-state index in [0.29, 0.717) is 12.2 Å². The summed E-state index contributed by atoms with van der Waals surface area (Å²) in [7, 11) is -2.45. The molecule has 1 heterocycles. The van der Waals surface area contributed by atoms with Crippen molar-refractivity contribution in [2.45, 2.75) is 37.8 Å². The van der Waals surface area contributed by atoms with Gasteiger partial charge in [-0.25, -0.2) is 13.1 Å². The molecule has 34 heavy (non-hydrogen) atoms. The molecular weight excluding hydrogens is 450 g/mol. The molecule has 0 bridgehead atoms. The maximum atomic E-state index is 13.1. The second kappa shape index (κ2) is 9.87. The molecular formula is C26H29N3O4S. The van der Waals surface area contributed by atoms with Crippen molar-refractivity contribution in [3.63, 3.8) is 0 Å². The summed E-state index contributed by atoms with van der Waals surface area (Å²) in [6.07, 6.45) is 0.998. The van der Waals surface area contributed by atoms with E-state index in [4.69, 9.17) is 4.74 Å². The number of nitrogens with zero attached hydrogens (tertiary/aromatic N) is 1. The first-order chi connectivity index (χ1) is 16.3. The fraction of sp³-hybridized carbons (Fsp3) is 0.269. The molecule has 1 amide bonds. The van der Waals surface area contributed by atoms with Crippen molar-refractivity contribution in [1.82, 2.24) is 4.72 Å². The van der Waals surface area contributed by atoms with Crippen LogP contribution >= 0.6 is 0 Å². The zero-order valence-corrected chi connectivity index (χ0v) is 20.4. The van der Waals surface area contributed by atoms with Gasteiger partial charge < -0.3 is 15.0 Å². The summed E-state index contributed by atoms with van der Waals surface area (Å²) < 4.78 is 33.3. The van der Waals surface area contributed by atoms with Crippen molar-refractivity contribution in [2.24, 2.45) is 0 Å². The zero-order chi connectivity index (χ0) is 24.3. The topological polar surface area (TPSA) is 87.7 Å². The van der Waals surface area contributed by atoms with Crippen LogP contribution in [0.1, 0.15) is 35.3 Å². The second-order valence-corrected chi connectivity index (χ2v) is 10.2. The molecule has 0 atom stereocenters. The third kappa shape index (κ3) is 5.08. The molecule has 0 saturated carbocycles. The van der Waals surface area contributed by atoms with Gasteiger partial charge in [0.25, 0.3) is 5.91 Å². The van der Waals surface area contributed by atoms with Crippen LogP contribution in [0.4, 0.5) is 11.4 Å². The van der Waals surface area contributed by atoms with Crippen LogP contribution in [0.25, 0.3) is 0 Å². The van der Waals surface area contributed by atoms with Gasteiger partial charge in [-0.05, 0) is 61.7 Å². The molecule has 3 aromatic carbocycles. The van der Waals surface area contributed by atoms with E-state index in [1.807, 2.05) is 30.3 Å². The number of nitrogens with one attached hydrogen (secondary N) is 2. The van der Waals surface area contributed by atoms with Crippen LogP contribution < -0.4 is 19.7 Å². The highest BCUT2D eigenvalue weighted by Gasteiger charge is 2.23. The Morgan fingerprint density at radius 2 is 1.79 bits per heavy atom. The Morgan fingerprint density at radius 1 is 1.06 bits per heavy atom. The van der Waals surface area contributed by atoms with Crippen molar-refractivity contribution in [2.75, 3.05) is 23.9 Å². The van der Waals surface area contributed by atoms with E-state index in [-0.39, 0.29) is 22.3 Å². The lowest BCUT2D eigenvalue weighted by molar-refractivity contribution is 0.102. The first kappa shape index (κ1) is 23.8. The van der Waals surface area contributed by atoms with Gasteiger partial charge in [-0.1, -0.05) is 36.4 Å². The number of fused-ring (bicyclic) bond motifs is 1. The summed E-state index contributed by atoms with van der Waals surface area (Å²) in [6.45, 7) is 5.05. The van der Waals surface area contributed by atoms with Gasteiger partial charge in [0.1, 0.15) is 10.6 Å². The van der Waals surface area contributed by atoms with Gasteiger partial charge in [0.2, 0.25) is 10.0 Å². The number of methoxy groups -OCH3 is 1. The molecule has 178 valence electrons. The quantitative estimate of drug-likeness (QED) is 0.506. The van der Waals surface area contributed by atoms with Crippen molar-refractivity contribution >= 4 is 27.3 Å². The average Bonchev–Trinajstić information content (AvgIpc) is 3.22. The summed E-state index contributed by atoms with van der Waals surface area (Å²) in [5.74, 6) is -0.212. The Bertz CT molecular complexity index is 1300. The summed E-state index contributed by atoms with van der Waals surface area (Å²) >= 11 is 0. The van der Waals surface area contributed by atoms with E-state index in [9.17, 15) is 13.2 Å². The van der Waals surface area contributed by atoms with E-state index >= 15 is 0 Å². The molecule has 2 N–H and O–H groups in total. The average molecular weight is 480 g/mol. The Morgan fingerprint density at radius 3 is 2.56 bits per heavy atom. The first-order valence-corrected chi connectivity index (χ1v) is 12.7. The van der Waals surface area contributed by atoms with E-state index in [1.54, 1.807) is 19.9 Å². The van der Waals surface area contributed by atoms with E-state index in [2.05, 4.69) is 33.1 Å². The Kier molecular flexibility index (Phi) is 6.90. The number of carbonyl (C=O) groups is 1. The highest BCUT2D eigenvalue weighted by Crippen LogP contribution is 2.31. The molecule has 1 aliphatic heterocycles. The largest absolute Gasteiger partial charge is 0.495 e. The molecule has 0 radical (unpaired) electrons. The minimum Gasteiger partial charge on any atom is -0.495 e. The highest BCUT2D eigenvalue weighted by atomic mass is 32.2. The standard InChI is InChI=1S/C26H29N3O4S/c1-18(2)28-34(31,32)25-16-20(12-13-24(25)33-3)26(30)27-22-10-6-4-9-21(22)17-29-15-14-19-8-5-7-11-23(19)29/h4-13,16,18,28H,14-15,17H2,1-3H3,(H,27,30). The Labute approximate surface area is 200 Å². The molecule has 1 aliphatic rings. The molecule has 0 unspecified atom stereocenters. The lowest BCUT2D eigenvalue weighted by Gasteiger charge is -2.21. The first-order valence-electron chi connectivity index (χ1n) is 11.2.